The van der Waals surface area contributed by atoms with E-state index in [4.69, 9.17) is 9.15 Å². The van der Waals surface area contributed by atoms with Gasteiger partial charge in [0.25, 0.3) is 0 Å². The maximum Gasteiger partial charge on any atom is 0.410 e. The summed E-state index contributed by atoms with van der Waals surface area (Å²) in [6.07, 6.45) is 1.79. The van der Waals surface area contributed by atoms with Crippen LogP contribution in [0.25, 0.3) is 0 Å². The van der Waals surface area contributed by atoms with Gasteiger partial charge >= 0.3 is 6.09 Å². The number of ether oxygens (including phenoxy) is 1. The molecule has 23 heavy (non-hydrogen) atoms. The highest BCUT2D eigenvalue weighted by Gasteiger charge is 2.26. The predicted molar refractivity (Wildman–Crippen MR) is 88.2 cm³/mol. The van der Waals surface area contributed by atoms with Crippen LogP contribution in [0.2, 0.25) is 0 Å². The van der Waals surface area contributed by atoms with E-state index >= 15 is 0 Å². The Balaban J connectivity index is 1.67. The van der Waals surface area contributed by atoms with Crippen LogP contribution in [-0.2, 0) is 11.3 Å². The summed E-state index contributed by atoms with van der Waals surface area (Å²) in [7, 11) is 0. The lowest BCUT2D eigenvalue weighted by Crippen LogP contribution is -2.43. The molecular formula is C17H29N3O3. The Hall–Kier alpha value is -1.56. The van der Waals surface area contributed by atoms with Crippen molar-refractivity contribution in [3.8, 4) is 0 Å². The average molecular weight is 323 g/mol. The number of oxazole rings is 1. The summed E-state index contributed by atoms with van der Waals surface area (Å²) in [4.78, 5) is 18.2. The standard InChI is InChI=1S/C17H29N3O3/c1-12-13(2)22-15(19-12)11-18-10-14-6-8-20(9-7-14)16(21)23-17(3,4)5/h14,18H,6-11H2,1-5H3. The Labute approximate surface area is 138 Å². The first-order chi connectivity index (χ1) is 10.7. The molecule has 0 bridgehead atoms. The second-order valence-electron chi connectivity index (χ2n) is 7.29. The summed E-state index contributed by atoms with van der Waals surface area (Å²) in [5, 5.41) is 3.40. The molecule has 1 N–H and O–H groups in total. The molecule has 0 atom stereocenters. The third kappa shape index (κ3) is 5.53. The first kappa shape index (κ1) is 17.8. The lowest BCUT2D eigenvalue weighted by Gasteiger charge is -2.33. The van der Waals surface area contributed by atoms with Crippen molar-refractivity contribution in [1.29, 1.82) is 0 Å². The number of nitrogens with zero attached hydrogens (tertiary/aromatic N) is 2. The van der Waals surface area contributed by atoms with E-state index in [0.717, 1.165) is 49.8 Å². The molecular weight excluding hydrogens is 294 g/mol. The molecule has 1 saturated heterocycles. The van der Waals surface area contributed by atoms with E-state index in [0.29, 0.717) is 12.5 Å². The van der Waals surface area contributed by atoms with Crippen LogP contribution in [0.4, 0.5) is 4.79 Å². The largest absolute Gasteiger partial charge is 0.444 e. The van der Waals surface area contributed by atoms with Crippen LogP contribution in [0.15, 0.2) is 4.42 Å². The van der Waals surface area contributed by atoms with Crippen molar-refractivity contribution in [3.63, 3.8) is 0 Å². The van der Waals surface area contributed by atoms with E-state index in [-0.39, 0.29) is 6.09 Å². The highest BCUT2D eigenvalue weighted by atomic mass is 16.6. The fourth-order valence-corrected chi connectivity index (χ4v) is 2.64. The van der Waals surface area contributed by atoms with E-state index in [1.165, 1.54) is 0 Å². The summed E-state index contributed by atoms with van der Waals surface area (Å²) >= 11 is 0. The van der Waals surface area contributed by atoms with Crippen LogP contribution in [0.1, 0.15) is 51.0 Å². The van der Waals surface area contributed by atoms with Crippen molar-refractivity contribution in [1.82, 2.24) is 15.2 Å². The predicted octanol–water partition coefficient (Wildman–Crippen LogP) is 3.03. The van der Waals surface area contributed by atoms with Crippen molar-refractivity contribution in [2.24, 2.45) is 5.92 Å². The zero-order chi connectivity index (χ0) is 17.0. The lowest BCUT2D eigenvalue weighted by atomic mass is 9.97. The van der Waals surface area contributed by atoms with Crippen LogP contribution < -0.4 is 5.32 Å². The van der Waals surface area contributed by atoms with E-state index in [1.54, 1.807) is 0 Å². The molecule has 2 heterocycles. The molecule has 0 aliphatic carbocycles. The second kappa shape index (κ2) is 7.34. The van der Waals surface area contributed by atoms with Gasteiger partial charge in [-0.1, -0.05) is 0 Å². The van der Waals surface area contributed by atoms with Crippen LogP contribution in [0.5, 0.6) is 0 Å². The van der Waals surface area contributed by atoms with Gasteiger partial charge in [0.2, 0.25) is 5.89 Å². The fourth-order valence-electron chi connectivity index (χ4n) is 2.64. The van der Waals surface area contributed by atoms with Crippen molar-refractivity contribution in [3.05, 3.63) is 17.3 Å². The molecule has 6 nitrogen and oxygen atoms in total. The number of aromatic nitrogens is 1. The SMILES string of the molecule is Cc1nc(CNCC2CCN(C(=O)OC(C)(C)C)CC2)oc1C. The summed E-state index contributed by atoms with van der Waals surface area (Å²) in [5.74, 6) is 2.20. The van der Waals surface area contributed by atoms with Gasteiger partial charge in [0.05, 0.1) is 12.2 Å². The van der Waals surface area contributed by atoms with E-state index in [1.807, 2.05) is 39.5 Å². The van der Waals surface area contributed by atoms with Gasteiger partial charge in [0.1, 0.15) is 11.4 Å². The number of piperidine rings is 1. The highest BCUT2D eigenvalue weighted by molar-refractivity contribution is 5.68. The van der Waals surface area contributed by atoms with Gasteiger partial charge in [-0.25, -0.2) is 9.78 Å². The molecule has 1 aliphatic rings. The molecule has 2 rings (SSSR count). The van der Waals surface area contributed by atoms with Crippen LogP contribution in [0.3, 0.4) is 0 Å². The molecule has 1 aromatic rings. The van der Waals surface area contributed by atoms with Gasteiger partial charge in [-0.3, -0.25) is 0 Å². The lowest BCUT2D eigenvalue weighted by molar-refractivity contribution is 0.0184. The first-order valence-corrected chi connectivity index (χ1v) is 8.36. The summed E-state index contributed by atoms with van der Waals surface area (Å²) in [6.45, 7) is 12.7. The van der Waals surface area contributed by atoms with Crippen molar-refractivity contribution in [2.45, 2.75) is 59.6 Å². The molecule has 1 aromatic heterocycles. The Kier molecular flexibility index (Phi) is 5.68. The van der Waals surface area contributed by atoms with Gasteiger partial charge in [-0.2, -0.15) is 0 Å². The highest BCUT2D eigenvalue weighted by Crippen LogP contribution is 2.19. The Bertz CT molecular complexity index is 506. The number of aryl methyl sites for hydroxylation is 2. The zero-order valence-corrected chi connectivity index (χ0v) is 14.9. The molecule has 0 aromatic carbocycles. The molecule has 0 saturated carbocycles. The minimum absolute atomic E-state index is 0.199. The Morgan fingerprint density at radius 2 is 2.00 bits per heavy atom. The Morgan fingerprint density at radius 3 is 2.52 bits per heavy atom. The van der Waals surface area contributed by atoms with Gasteiger partial charge in [0.15, 0.2) is 0 Å². The minimum atomic E-state index is -0.429. The monoisotopic (exact) mass is 323 g/mol. The second-order valence-corrected chi connectivity index (χ2v) is 7.29. The first-order valence-electron chi connectivity index (χ1n) is 8.36. The molecule has 1 fully saturated rings. The third-order valence-corrected chi connectivity index (χ3v) is 4.05. The van der Waals surface area contributed by atoms with Gasteiger partial charge < -0.3 is 19.4 Å². The molecule has 1 amide bonds. The zero-order valence-electron chi connectivity index (χ0n) is 14.9. The summed E-state index contributed by atoms with van der Waals surface area (Å²) in [5.41, 5.74) is 0.523. The summed E-state index contributed by atoms with van der Waals surface area (Å²) in [6, 6.07) is 0. The van der Waals surface area contributed by atoms with Crippen LogP contribution in [0, 0.1) is 19.8 Å². The average Bonchev–Trinajstić information content (AvgIpc) is 2.76. The molecule has 1 aliphatic heterocycles. The number of rotatable bonds is 4. The van der Waals surface area contributed by atoms with Gasteiger partial charge in [-0.15, -0.1) is 0 Å². The maximum atomic E-state index is 12.0. The molecule has 0 radical (unpaired) electrons. The number of likely N-dealkylation sites (tertiary alicyclic amines) is 1. The number of carbonyl (C=O) groups excluding carboxylic acids is 1. The van der Waals surface area contributed by atoms with Crippen molar-refractivity contribution >= 4 is 6.09 Å². The normalized spacial score (nSPS) is 16.7. The Morgan fingerprint density at radius 1 is 1.35 bits per heavy atom. The smallest absolute Gasteiger partial charge is 0.410 e. The van der Waals surface area contributed by atoms with Crippen molar-refractivity contribution < 1.29 is 13.9 Å². The number of hydrogen-bond acceptors (Lipinski definition) is 5. The molecule has 130 valence electrons. The maximum absolute atomic E-state index is 12.0. The van der Waals surface area contributed by atoms with E-state index < -0.39 is 5.60 Å². The number of hydrogen-bond donors (Lipinski definition) is 1. The fraction of sp³-hybridized carbons (Fsp3) is 0.765. The molecule has 0 unspecified atom stereocenters. The number of nitrogens with one attached hydrogen (secondary N) is 1. The van der Waals surface area contributed by atoms with Crippen LogP contribution >= 0.6 is 0 Å². The van der Waals surface area contributed by atoms with Gasteiger partial charge in [-0.05, 0) is 59.9 Å². The van der Waals surface area contributed by atoms with Crippen molar-refractivity contribution in [2.75, 3.05) is 19.6 Å². The number of amides is 1. The van der Waals surface area contributed by atoms with E-state index in [2.05, 4.69) is 10.3 Å². The molecule has 0 spiro atoms. The number of carbonyl (C=O) groups is 1. The van der Waals surface area contributed by atoms with E-state index in [9.17, 15) is 4.79 Å². The van der Waals surface area contributed by atoms with Gasteiger partial charge in [0, 0.05) is 13.1 Å². The molecule has 6 heteroatoms. The topological polar surface area (TPSA) is 67.6 Å². The summed E-state index contributed by atoms with van der Waals surface area (Å²) < 4.78 is 11.0. The quantitative estimate of drug-likeness (QED) is 0.922. The third-order valence-electron chi connectivity index (χ3n) is 4.05. The minimum Gasteiger partial charge on any atom is -0.444 e. The van der Waals surface area contributed by atoms with Crippen LogP contribution in [-0.4, -0.2) is 41.2 Å².